The summed E-state index contributed by atoms with van der Waals surface area (Å²) in [5.74, 6) is -0.370. The number of amides is 2. The zero-order valence-corrected chi connectivity index (χ0v) is 12.7. The van der Waals surface area contributed by atoms with E-state index in [9.17, 15) is 9.59 Å². The number of ether oxygens (including phenoxy) is 1. The standard InChI is InChI=1S/C17H19N3O3/c18-15(11-13-7-3-1-4-8-13)16(21)19-20-17(22)23-12-14-9-5-2-6-10-14/h1-10,15H,11-12,18H2,(H,19,21)(H,20,22)/p+1/t15-/m0/s1. The number of nitrogens with one attached hydrogen (secondary N) is 2. The average Bonchev–Trinajstić information content (AvgIpc) is 2.59. The number of hydrogen-bond donors (Lipinski definition) is 3. The summed E-state index contributed by atoms with van der Waals surface area (Å²) in [5.41, 5.74) is 10.2. The van der Waals surface area contributed by atoms with Gasteiger partial charge < -0.3 is 10.5 Å². The van der Waals surface area contributed by atoms with Crippen LogP contribution < -0.4 is 16.6 Å². The minimum absolute atomic E-state index is 0.139. The Morgan fingerprint density at radius 1 is 0.913 bits per heavy atom. The number of carbonyl (C=O) groups is 2. The van der Waals surface area contributed by atoms with Crippen molar-refractivity contribution < 1.29 is 20.1 Å². The molecule has 0 aliphatic carbocycles. The molecule has 2 rings (SSSR count). The second-order valence-electron chi connectivity index (χ2n) is 5.06. The van der Waals surface area contributed by atoms with Crippen molar-refractivity contribution in [2.24, 2.45) is 0 Å². The summed E-state index contributed by atoms with van der Waals surface area (Å²) in [6.07, 6.45) is -0.220. The molecule has 0 heterocycles. The first-order valence-corrected chi connectivity index (χ1v) is 7.28. The van der Waals surface area contributed by atoms with Gasteiger partial charge >= 0.3 is 6.09 Å². The summed E-state index contributed by atoms with van der Waals surface area (Å²) in [6.45, 7) is 0.139. The van der Waals surface area contributed by atoms with E-state index in [-0.39, 0.29) is 12.5 Å². The van der Waals surface area contributed by atoms with E-state index in [1.807, 2.05) is 60.7 Å². The average molecular weight is 314 g/mol. The number of carbonyl (C=O) groups excluding carboxylic acids is 2. The Kier molecular flexibility index (Phi) is 6.14. The van der Waals surface area contributed by atoms with Gasteiger partial charge in [0.05, 0.1) is 0 Å². The van der Waals surface area contributed by atoms with Crippen LogP contribution in [0.3, 0.4) is 0 Å². The van der Waals surface area contributed by atoms with Crippen LogP contribution in [0.5, 0.6) is 0 Å². The van der Waals surface area contributed by atoms with Crippen LogP contribution >= 0.6 is 0 Å². The van der Waals surface area contributed by atoms with Gasteiger partial charge in [0, 0.05) is 6.42 Å². The van der Waals surface area contributed by atoms with E-state index < -0.39 is 12.1 Å². The van der Waals surface area contributed by atoms with Gasteiger partial charge in [0.1, 0.15) is 6.61 Å². The van der Waals surface area contributed by atoms with Gasteiger partial charge in [-0.2, -0.15) is 0 Å². The van der Waals surface area contributed by atoms with Crippen LogP contribution in [0.1, 0.15) is 11.1 Å². The van der Waals surface area contributed by atoms with Crippen molar-refractivity contribution in [2.45, 2.75) is 19.1 Å². The van der Waals surface area contributed by atoms with E-state index in [4.69, 9.17) is 4.74 Å². The molecule has 2 aromatic rings. The Morgan fingerprint density at radius 2 is 1.48 bits per heavy atom. The molecule has 0 bridgehead atoms. The highest BCUT2D eigenvalue weighted by molar-refractivity contribution is 5.82. The fourth-order valence-electron chi connectivity index (χ4n) is 1.97. The molecule has 0 aliphatic heterocycles. The first-order valence-electron chi connectivity index (χ1n) is 7.28. The summed E-state index contributed by atoms with van der Waals surface area (Å²) in [5, 5.41) is 0. The molecule has 0 saturated heterocycles. The number of hydrogen-bond acceptors (Lipinski definition) is 3. The number of benzene rings is 2. The van der Waals surface area contributed by atoms with Crippen molar-refractivity contribution in [1.29, 1.82) is 0 Å². The van der Waals surface area contributed by atoms with E-state index in [1.165, 1.54) is 0 Å². The Morgan fingerprint density at radius 3 is 2.09 bits per heavy atom. The molecule has 0 fully saturated rings. The number of hydrazine groups is 1. The molecule has 0 radical (unpaired) electrons. The van der Waals surface area contributed by atoms with Crippen molar-refractivity contribution in [2.75, 3.05) is 0 Å². The fraction of sp³-hybridized carbons (Fsp3) is 0.176. The third-order valence-corrected chi connectivity index (χ3v) is 3.20. The minimum atomic E-state index is -0.714. The van der Waals surface area contributed by atoms with Crippen molar-refractivity contribution in [1.82, 2.24) is 10.9 Å². The zero-order valence-electron chi connectivity index (χ0n) is 12.7. The van der Waals surface area contributed by atoms with Crippen LogP contribution in [0.2, 0.25) is 0 Å². The molecule has 5 N–H and O–H groups in total. The molecule has 0 aliphatic rings. The molecule has 2 amide bonds. The number of quaternary nitrogens is 1. The summed E-state index contributed by atoms with van der Waals surface area (Å²) in [6, 6.07) is 18.3. The molecule has 0 aromatic heterocycles. The molecule has 6 heteroatoms. The van der Waals surface area contributed by atoms with Crippen molar-refractivity contribution in [3.8, 4) is 0 Å². The Hall–Kier alpha value is -2.86. The Labute approximate surface area is 134 Å². The lowest BCUT2D eigenvalue weighted by molar-refractivity contribution is -0.403. The lowest BCUT2D eigenvalue weighted by Gasteiger charge is -2.11. The van der Waals surface area contributed by atoms with Crippen LogP contribution in [-0.2, 0) is 22.6 Å². The van der Waals surface area contributed by atoms with Crippen LogP contribution in [0.4, 0.5) is 4.79 Å². The molecule has 2 aromatic carbocycles. The first kappa shape index (κ1) is 16.5. The second kappa shape index (κ2) is 8.55. The first-order chi connectivity index (χ1) is 11.1. The molecular weight excluding hydrogens is 294 g/mol. The van der Waals surface area contributed by atoms with Gasteiger partial charge in [-0.1, -0.05) is 60.7 Å². The van der Waals surface area contributed by atoms with E-state index in [2.05, 4.69) is 16.6 Å². The Balaban J connectivity index is 1.70. The highest BCUT2D eigenvalue weighted by Gasteiger charge is 2.18. The van der Waals surface area contributed by atoms with Gasteiger partial charge in [-0.15, -0.1) is 0 Å². The largest absolute Gasteiger partial charge is 0.443 e. The minimum Gasteiger partial charge on any atom is -0.443 e. The molecule has 0 spiro atoms. The molecule has 6 nitrogen and oxygen atoms in total. The molecule has 0 unspecified atom stereocenters. The summed E-state index contributed by atoms with van der Waals surface area (Å²) >= 11 is 0. The second-order valence-corrected chi connectivity index (χ2v) is 5.06. The molecular formula is C17H20N3O3+. The van der Waals surface area contributed by atoms with E-state index in [0.717, 1.165) is 11.1 Å². The maximum Gasteiger partial charge on any atom is 0.426 e. The lowest BCUT2D eigenvalue weighted by atomic mass is 10.1. The molecule has 1 atom stereocenters. The van der Waals surface area contributed by atoms with Gasteiger partial charge in [-0.05, 0) is 11.1 Å². The van der Waals surface area contributed by atoms with Crippen LogP contribution in [0, 0.1) is 0 Å². The maximum atomic E-state index is 11.9. The van der Waals surface area contributed by atoms with Gasteiger partial charge in [-0.25, -0.2) is 10.2 Å². The predicted octanol–water partition coefficient (Wildman–Crippen LogP) is 0.797. The van der Waals surface area contributed by atoms with Crippen LogP contribution in [0.25, 0.3) is 0 Å². The summed E-state index contributed by atoms with van der Waals surface area (Å²) in [4.78, 5) is 23.4. The Bertz CT molecular complexity index is 632. The van der Waals surface area contributed by atoms with Crippen molar-refractivity contribution in [3.63, 3.8) is 0 Å². The van der Waals surface area contributed by atoms with Gasteiger partial charge in [-0.3, -0.25) is 10.2 Å². The summed E-state index contributed by atoms with van der Waals surface area (Å²) in [7, 11) is 0. The molecule has 0 saturated carbocycles. The smallest absolute Gasteiger partial charge is 0.426 e. The summed E-state index contributed by atoms with van der Waals surface area (Å²) < 4.78 is 4.99. The third-order valence-electron chi connectivity index (χ3n) is 3.20. The third kappa shape index (κ3) is 5.80. The van der Waals surface area contributed by atoms with Crippen LogP contribution in [-0.4, -0.2) is 18.0 Å². The zero-order chi connectivity index (χ0) is 16.5. The molecule has 23 heavy (non-hydrogen) atoms. The number of rotatable bonds is 5. The van der Waals surface area contributed by atoms with Crippen molar-refractivity contribution in [3.05, 3.63) is 71.8 Å². The maximum absolute atomic E-state index is 11.9. The SMILES string of the molecule is [NH3+][C@@H](Cc1ccccc1)C(=O)NNC(=O)OCc1ccccc1. The topological polar surface area (TPSA) is 95.1 Å². The van der Waals surface area contributed by atoms with Crippen molar-refractivity contribution >= 4 is 12.0 Å². The normalized spacial score (nSPS) is 11.3. The quantitative estimate of drug-likeness (QED) is 0.712. The van der Waals surface area contributed by atoms with Gasteiger partial charge in [0.25, 0.3) is 5.91 Å². The predicted molar refractivity (Wildman–Crippen MR) is 84.7 cm³/mol. The molecule has 120 valence electrons. The van der Waals surface area contributed by atoms with Gasteiger partial charge in [0.2, 0.25) is 0 Å². The monoisotopic (exact) mass is 314 g/mol. The fourth-order valence-corrected chi connectivity index (χ4v) is 1.97. The highest BCUT2D eigenvalue weighted by atomic mass is 16.6. The lowest BCUT2D eigenvalue weighted by Crippen LogP contribution is -2.69. The van der Waals surface area contributed by atoms with E-state index >= 15 is 0 Å². The van der Waals surface area contributed by atoms with E-state index in [0.29, 0.717) is 6.42 Å². The van der Waals surface area contributed by atoms with Crippen LogP contribution in [0.15, 0.2) is 60.7 Å². The highest BCUT2D eigenvalue weighted by Crippen LogP contribution is 2.01. The van der Waals surface area contributed by atoms with E-state index in [1.54, 1.807) is 0 Å². The van der Waals surface area contributed by atoms with Gasteiger partial charge in [0.15, 0.2) is 6.04 Å².